The topological polar surface area (TPSA) is 26.3 Å². The number of unbranched alkanes of at least 4 members (excludes halogenated alkanes) is 1. The Kier molecular flexibility index (Phi) is 8.10. The molecule has 0 aliphatic heterocycles. The normalized spacial score (nSPS) is 13.5. The molecule has 0 unspecified atom stereocenters. The summed E-state index contributed by atoms with van der Waals surface area (Å²) in [6.07, 6.45) is 12.8. The number of allylic oxidation sites excluding steroid dienone is 5. The van der Waals surface area contributed by atoms with Crippen LogP contribution in [0.4, 0.5) is 0 Å². The lowest BCUT2D eigenvalue weighted by Gasteiger charge is -2.14. The van der Waals surface area contributed by atoms with Crippen molar-refractivity contribution < 1.29 is 9.53 Å². The van der Waals surface area contributed by atoms with Crippen molar-refractivity contribution in [1.82, 2.24) is 0 Å². The molecule has 0 atom stereocenters. The number of hydrogen-bond donors (Lipinski definition) is 0. The van der Waals surface area contributed by atoms with Crippen LogP contribution in [0.5, 0.6) is 0 Å². The van der Waals surface area contributed by atoms with Gasteiger partial charge in [0.1, 0.15) is 0 Å². The number of esters is 1. The van der Waals surface area contributed by atoms with Crippen molar-refractivity contribution in [2.24, 2.45) is 5.41 Å². The lowest BCUT2D eigenvalue weighted by molar-refractivity contribution is -0.134. The minimum absolute atomic E-state index is 0.180. The second-order valence-corrected chi connectivity index (χ2v) is 5.43. The fourth-order valence-electron chi connectivity index (χ4n) is 1.52. The zero-order valence-corrected chi connectivity index (χ0v) is 12.3. The monoisotopic (exact) mass is 250 g/mol. The van der Waals surface area contributed by atoms with Gasteiger partial charge in [0.05, 0.1) is 7.11 Å². The molecule has 0 aromatic rings. The molecule has 0 rings (SSSR count). The molecule has 0 aromatic carbocycles. The Labute approximate surface area is 111 Å². The Hall–Kier alpha value is -1.31. The van der Waals surface area contributed by atoms with Crippen molar-refractivity contribution in [2.75, 3.05) is 7.11 Å². The molecule has 102 valence electrons. The summed E-state index contributed by atoms with van der Waals surface area (Å²) in [5, 5.41) is 0. The van der Waals surface area contributed by atoms with Gasteiger partial charge >= 0.3 is 5.97 Å². The Morgan fingerprint density at radius 3 is 2.28 bits per heavy atom. The average molecular weight is 250 g/mol. The lowest BCUT2D eigenvalue weighted by atomic mass is 9.91. The van der Waals surface area contributed by atoms with E-state index in [1.165, 1.54) is 31.6 Å². The molecule has 0 aliphatic carbocycles. The van der Waals surface area contributed by atoms with Crippen molar-refractivity contribution in [3.63, 3.8) is 0 Å². The highest BCUT2D eigenvalue weighted by Crippen LogP contribution is 2.21. The van der Waals surface area contributed by atoms with E-state index >= 15 is 0 Å². The van der Waals surface area contributed by atoms with E-state index < -0.39 is 0 Å². The van der Waals surface area contributed by atoms with Crippen LogP contribution in [0.15, 0.2) is 36.0 Å². The molecule has 0 N–H and O–H groups in total. The predicted molar refractivity (Wildman–Crippen MR) is 77.4 cm³/mol. The van der Waals surface area contributed by atoms with Crippen LogP contribution in [-0.4, -0.2) is 13.1 Å². The Balaban J connectivity index is 4.59. The molecular formula is C16H26O2. The zero-order chi connectivity index (χ0) is 14.0. The fraction of sp³-hybridized carbons (Fsp3) is 0.562. The maximum atomic E-state index is 10.9. The summed E-state index contributed by atoms with van der Waals surface area (Å²) in [7, 11) is 1.38. The third-order valence-electron chi connectivity index (χ3n) is 2.29. The van der Waals surface area contributed by atoms with Crippen LogP contribution in [-0.2, 0) is 9.53 Å². The minimum Gasteiger partial charge on any atom is -0.466 e. The van der Waals surface area contributed by atoms with Crippen LogP contribution < -0.4 is 0 Å². The SMILES string of the molecule is CCCCC(=C/C(C)(C)C)/C=C/C=C/C(=O)OC. The van der Waals surface area contributed by atoms with Gasteiger partial charge in [-0.1, -0.05) is 64.0 Å². The van der Waals surface area contributed by atoms with Crippen LogP contribution in [0.3, 0.4) is 0 Å². The first-order valence-electron chi connectivity index (χ1n) is 6.53. The van der Waals surface area contributed by atoms with E-state index in [0.29, 0.717) is 0 Å². The summed E-state index contributed by atoms with van der Waals surface area (Å²) in [5.74, 6) is -0.324. The van der Waals surface area contributed by atoms with Gasteiger partial charge in [0.2, 0.25) is 0 Å². The van der Waals surface area contributed by atoms with E-state index in [1.54, 1.807) is 6.08 Å². The molecule has 0 saturated heterocycles. The van der Waals surface area contributed by atoms with Crippen molar-refractivity contribution in [3.8, 4) is 0 Å². The third kappa shape index (κ3) is 9.88. The second kappa shape index (κ2) is 8.73. The first-order chi connectivity index (χ1) is 8.39. The molecule has 0 radical (unpaired) electrons. The van der Waals surface area contributed by atoms with Crippen LogP contribution >= 0.6 is 0 Å². The Morgan fingerprint density at radius 2 is 1.78 bits per heavy atom. The van der Waals surface area contributed by atoms with Crippen molar-refractivity contribution in [1.29, 1.82) is 0 Å². The van der Waals surface area contributed by atoms with Gasteiger partial charge < -0.3 is 4.74 Å². The molecule has 0 saturated carbocycles. The van der Waals surface area contributed by atoms with Crippen LogP contribution in [0.25, 0.3) is 0 Å². The largest absolute Gasteiger partial charge is 0.466 e. The Morgan fingerprint density at radius 1 is 1.17 bits per heavy atom. The molecule has 0 bridgehead atoms. The summed E-state index contributed by atoms with van der Waals surface area (Å²) in [6.45, 7) is 8.76. The van der Waals surface area contributed by atoms with Crippen LogP contribution in [0.2, 0.25) is 0 Å². The van der Waals surface area contributed by atoms with E-state index in [1.807, 2.05) is 6.08 Å². The van der Waals surface area contributed by atoms with Gasteiger partial charge in [-0.3, -0.25) is 0 Å². The molecule has 0 spiro atoms. The third-order valence-corrected chi connectivity index (χ3v) is 2.29. The van der Waals surface area contributed by atoms with Gasteiger partial charge in [-0.2, -0.15) is 0 Å². The molecule has 0 heterocycles. The number of carbonyl (C=O) groups excluding carboxylic acids is 1. The van der Waals surface area contributed by atoms with E-state index in [2.05, 4.69) is 44.6 Å². The van der Waals surface area contributed by atoms with Gasteiger partial charge in [0.25, 0.3) is 0 Å². The zero-order valence-electron chi connectivity index (χ0n) is 12.3. The molecule has 0 aliphatic rings. The highest BCUT2D eigenvalue weighted by molar-refractivity contribution is 5.82. The smallest absolute Gasteiger partial charge is 0.330 e. The number of hydrogen-bond acceptors (Lipinski definition) is 2. The van der Waals surface area contributed by atoms with E-state index in [4.69, 9.17) is 0 Å². The summed E-state index contributed by atoms with van der Waals surface area (Å²) < 4.78 is 4.53. The van der Waals surface area contributed by atoms with E-state index in [-0.39, 0.29) is 11.4 Å². The highest BCUT2D eigenvalue weighted by atomic mass is 16.5. The van der Waals surface area contributed by atoms with Crippen molar-refractivity contribution in [3.05, 3.63) is 36.0 Å². The maximum Gasteiger partial charge on any atom is 0.330 e. The van der Waals surface area contributed by atoms with Gasteiger partial charge in [0.15, 0.2) is 0 Å². The fourth-order valence-corrected chi connectivity index (χ4v) is 1.52. The molecule has 2 heteroatoms. The maximum absolute atomic E-state index is 10.9. The quantitative estimate of drug-likeness (QED) is 0.396. The number of rotatable bonds is 6. The predicted octanol–water partition coefficient (Wildman–Crippen LogP) is 4.43. The summed E-state index contributed by atoms with van der Waals surface area (Å²) in [6, 6.07) is 0. The molecule has 0 aromatic heterocycles. The molecular weight excluding hydrogens is 224 g/mol. The standard InChI is InChI=1S/C16H26O2/c1-6-7-10-14(13-16(2,3)4)11-8-9-12-15(17)18-5/h8-9,11-13H,6-7,10H2,1-5H3/b11-8+,12-9+,14-13-. The first kappa shape index (κ1) is 16.7. The summed E-state index contributed by atoms with van der Waals surface area (Å²) in [4.78, 5) is 10.9. The summed E-state index contributed by atoms with van der Waals surface area (Å²) >= 11 is 0. The van der Waals surface area contributed by atoms with Crippen molar-refractivity contribution >= 4 is 5.97 Å². The van der Waals surface area contributed by atoms with Crippen LogP contribution in [0, 0.1) is 5.41 Å². The van der Waals surface area contributed by atoms with Crippen LogP contribution in [0.1, 0.15) is 47.0 Å². The van der Waals surface area contributed by atoms with Gasteiger partial charge in [-0.25, -0.2) is 4.79 Å². The molecule has 0 amide bonds. The second-order valence-electron chi connectivity index (χ2n) is 5.43. The van der Waals surface area contributed by atoms with E-state index in [0.717, 1.165) is 6.42 Å². The first-order valence-corrected chi connectivity index (χ1v) is 6.53. The van der Waals surface area contributed by atoms with Crippen molar-refractivity contribution in [2.45, 2.75) is 47.0 Å². The van der Waals surface area contributed by atoms with Gasteiger partial charge in [-0.05, 0) is 18.3 Å². The Bertz CT molecular complexity index is 327. The molecule has 18 heavy (non-hydrogen) atoms. The lowest BCUT2D eigenvalue weighted by Crippen LogP contribution is -2.00. The molecule has 2 nitrogen and oxygen atoms in total. The van der Waals surface area contributed by atoms with Gasteiger partial charge in [-0.15, -0.1) is 0 Å². The van der Waals surface area contributed by atoms with Gasteiger partial charge in [0, 0.05) is 6.08 Å². The number of carbonyl (C=O) groups is 1. The highest BCUT2D eigenvalue weighted by Gasteiger charge is 2.06. The molecule has 0 fully saturated rings. The average Bonchev–Trinajstić information content (AvgIpc) is 2.29. The summed E-state index contributed by atoms with van der Waals surface area (Å²) in [5.41, 5.74) is 1.50. The minimum atomic E-state index is -0.324. The number of ether oxygens (including phenoxy) is 1. The number of methoxy groups -OCH3 is 1. The van der Waals surface area contributed by atoms with E-state index in [9.17, 15) is 4.79 Å².